The maximum Gasteiger partial charge on any atom is 0.412 e. The molecule has 4 aromatic rings. The maximum atomic E-state index is 12.3. The Kier molecular flexibility index (Phi) is 6.50. The quantitative estimate of drug-likeness (QED) is 0.409. The topological polar surface area (TPSA) is 82.2 Å². The molecule has 8 heteroatoms. The predicted molar refractivity (Wildman–Crippen MR) is 126 cm³/mol. The molecular weight excluding hydrogens is 428 g/mol. The summed E-state index contributed by atoms with van der Waals surface area (Å²) >= 11 is 3.31. The molecule has 3 N–H and O–H groups in total. The normalized spacial score (nSPS) is 10.9. The summed E-state index contributed by atoms with van der Waals surface area (Å²) in [7, 11) is 0. The van der Waals surface area contributed by atoms with E-state index in [4.69, 9.17) is 15.5 Å². The van der Waals surface area contributed by atoms with E-state index in [1.165, 1.54) is 0 Å². The summed E-state index contributed by atoms with van der Waals surface area (Å²) in [6.45, 7) is 5.49. The van der Waals surface area contributed by atoms with Crippen LogP contribution in [0.1, 0.15) is 28.2 Å². The molecular formula is C23H24N4O2S2. The van der Waals surface area contributed by atoms with Gasteiger partial charge in [0.1, 0.15) is 5.01 Å². The molecule has 0 saturated carbocycles. The summed E-state index contributed by atoms with van der Waals surface area (Å²) in [6, 6.07) is 11.8. The van der Waals surface area contributed by atoms with Crippen molar-refractivity contribution >= 4 is 28.8 Å². The lowest BCUT2D eigenvalue weighted by atomic mass is 10.1. The first-order chi connectivity index (χ1) is 15.0. The number of rotatable bonds is 7. The highest BCUT2D eigenvalue weighted by Crippen LogP contribution is 2.28. The summed E-state index contributed by atoms with van der Waals surface area (Å²) in [6.07, 6.45) is -0.475. The first kappa shape index (κ1) is 21.3. The molecule has 3 heterocycles. The number of hydrogen-bond donors (Lipinski definition) is 2. The minimum absolute atomic E-state index is 0.395. The maximum absolute atomic E-state index is 12.3. The molecule has 160 valence electrons. The average Bonchev–Trinajstić information content (AvgIpc) is 3.51. The highest BCUT2D eigenvalue weighted by atomic mass is 32.1. The number of aryl methyl sites for hydroxylation is 1. The van der Waals surface area contributed by atoms with Gasteiger partial charge in [-0.1, -0.05) is 24.3 Å². The summed E-state index contributed by atoms with van der Waals surface area (Å²) in [5.74, 6) is 0.557. The van der Waals surface area contributed by atoms with E-state index in [1.54, 1.807) is 22.7 Å². The first-order valence-electron chi connectivity index (χ1n) is 9.90. The Morgan fingerprint density at radius 1 is 1.16 bits per heavy atom. The lowest BCUT2D eigenvalue weighted by Crippen LogP contribution is -2.26. The van der Waals surface area contributed by atoms with Gasteiger partial charge in [0.2, 0.25) is 0 Å². The molecule has 0 aliphatic carbocycles. The molecule has 0 atom stereocenters. The van der Waals surface area contributed by atoms with Crippen LogP contribution in [0.2, 0.25) is 0 Å². The molecule has 0 spiro atoms. The van der Waals surface area contributed by atoms with Crippen LogP contribution in [0, 0.1) is 13.8 Å². The molecule has 0 fully saturated rings. The number of thiazole rings is 1. The third-order valence-corrected chi connectivity index (χ3v) is 6.69. The van der Waals surface area contributed by atoms with Crippen molar-refractivity contribution < 1.29 is 9.53 Å². The van der Waals surface area contributed by atoms with Gasteiger partial charge in [0.15, 0.2) is 5.75 Å². The second-order valence-corrected chi connectivity index (χ2v) is 8.88. The standard InChI is InChI=1S/C23H24N4O2S2/c1-15-9-21(29-23(28)25-11-18-5-3-17(10-24)4-6-18)16(2)27(15)12-20-14-31-22(26-20)19-7-8-30-13-19/h3-9,13-14H,10-12,24H2,1-2H3,(H,25,28). The summed E-state index contributed by atoms with van der Waals surface area (Å²) < 4.78 is 7.68. The molecule has 4 rings (SSSR count). The fraction of sp³-hybridized carbons (Fsp3) is 0.217. The van der Waals surface area contributed by atoms with E-state index >= 15 is 0 Å². The van der Waals surface area contributed by atoms with E-state index < -0.39 is 6.09 Å². The summed E-state index contributed by atoms with van der Waals surface area (Å²) in [4.78, 5) is 17.1. The minimum atomic E-state index is -0.475. The Morgan fingerprint density at radius 2 is 1.94 bits per heavy atom. The summed E-state index contributed by atoms with van der Waals surface area (Å²) in [5, 5.41) is 10.1. The van der Waals surface area contributed by atoms with E-state index in [0.29, 0.717) is 25.4 Å². The van der Waals surface area contributed by atoms with Crippen LogP contribution in [0.15, 0.2) is 52.5 Å². The number of nitrogens with two attached hydrogens (primary N) is 1. The lowest BCUT2D eigenvalue weighted by Gasteiger charge is -2.09. The van der Waals surface area contributed by atoms with Crippen molar-refractivity contribution in [2.75, 3.05) is 0 Å². The third-order valence-electron chi connectivity index (χ3n) is 5.07. The van der Waals surface area contributed by atoms with Crippen LogP contribution < -0.4 is 15.8 Å². The highest BCUT2D eigenvalue weighted by Gasteiger charge is 2.15. The number of thiophene rings is 1. The molecule has 1 aromatic carbocycles. The zero-order valence-electron chi connectivity index (χ0n) is 17.4. The van der Waals surface area contributed by atoms with Crippen molar-refractivity contribution in [2.45, 2.75) is 33.5 Å². The Hall–Kier alpha value is -2.94. The molecule has 0 bridgehead atoms. The Balaban J connectivity index is 1.38. The van der Waals surface area contributed by atoms with Gasteiger partial charge in [-0.25, -0.2) is 9.78 Å². The first-order valence-corrected chi connectivity index (χ1v) is 11.7. The Labute approximate surface area is 189 Å². The molecule has 1 amide bonds. The van der Waals surface area contributed by atoms with Crippen molar-refractivity contribution in [3.63, 3.8) is 0 Å². The van der Waals surface area contributed by atoms with Gasteiger partial charge in [-0.05, 0) is 36.4 Å². The SMILES string of the molecule is Cc1cc(OC(=O)NCc2ccc(CN)cc2)c(C)n1Cc1csc(-c2ccsc2)n1. The average molecular weight is 453 g/mol. The zero-order chi connectivity index (χ0) is 21.8. The van der Waals surface area contributed by atoms with Crippen molar-refractivity contribution in [2.24, 2.45) is 5.73 Å². The second kappa shape index (κ2) is 9.47. The van der Waals surface area contributed by atoms with Crippen molar-refractivity contribution in [3.05, 3.63) is 80.7 Å². The van der Waals surface area contributed by atoms with Gasteiger partial charge >= 0.3 is 6.09 Å². The van der Waals surface area contributed by atoms with Crippen LogP contribution >= 0.6 is 22.7 Å². The van der Waals surface area contributed by atoms with Gasteiger partial charge < -0.3 is 20.4 Å². The van der Waals surface area contributed by atoms with Crippen LogP contribution in [0.3, 0.4) is 0 Å². The molecule has 0 radical (unpaired) electrons. The van der Waals surface area contributed by atoms with Crippen molar-refractivity contribution in [1.29, 1.82) is 0 Å². The van der Waals surface area contributed by atoms with Crippen LogP contribution in [-0.2, 0) is 19.6 Å². The molecule has 6 nitrogen and oxygen atoms in total. The van der Waals surface area contributed by atoms with Gasteiger partial charge in [-0.3, -0.25) is 0 Å². The van der Waals surface area contributed by atoms with Gasteiger partial charge in [-0.15, -0.1) is 11.3 Å². The fourth-order valence-corrected chi connectivity index (χ4v) is 4.80. The molecule has 0 saturated heterocycles. The van der Waals surface area contributed by atoms with E-state index in [1.807, 2.05) is 44.2 Å². The number of amides is 1. The van der Waals surface area contributed by atoms with Gasteiger partial charge in [-0.2, -0.15) is 11.3 Å². The van der Waals surface area contributed by atoms with Crippen LogP contribution in [0.5, 0.6) is 5.75 Å². The number of carbonyl (C=O) groups is 1. The van der Waals surface area contributed by atoms with E-state index in [9.17, 15) is 4.79 Å². The van der Waals surface area contributed by atoms with E-state index in [2.05, 4.69) is 32.1 Å². The van der Waals surface area contributed by atoms with Gasteiger partial charge in [0.25, 0.3) is 0 Å². The molecule has 31 heavy (non-hydrogen) atoms. The third kappa shape index (κ3) is 5.04. The summed E-state index contributed by atoms with van der Waals surface area (Å²) in [5.41, 5.74) is 11.7. The van der Waals surface area contributed by atoms with Crippen molar-refractivity contribution in [1.82, 2.24) is 14.9 Å². The van der Waals surface area contributed by atoms with E-state index in [-0.39, 0.29) is 0 Å². The monoisotopic (exact) mass is 452 g/mol. The van der Waals surface area contributed by atoms with Crippen LogP contribution in [0.25, 0.3) is 10.6 Å². The molecule has 0 aliphatic heterocycles. The molecule has 0 unspecified atom stereocenters. The van der Waals surface area contributed by atoms with Crippen LogP contribution in [-0.4, -0.2) is 15.6 Å². The number of carbonyl (C=O) groups excluding carboxylic acids is 1. The zero-order valence-corrected chi connectivity index (χ0v) is 19.1. The Morgan fingerprint density at radius 3 is 2.65 bits per heavy atom. The van der Waals surface area contributed by atoms with Gasteiger partial charge in [0, 0.05) is 41.2 Å². The predicted octanol–water partition coefficient (Wildman–Crippen LogP) is 5.09. The Bertz CT molecular complexity index is 1160. The van der Waals surface area contributed by atoms with E-state index in [0.717, 1.165) is 38.8 Å². The van der Waals surface area contributed by atoms with Crippen LogP contribution in [0.4, 0.5) is 4.79 Å². The number of nitrogens with zero attached hydrogens (tertiary/aromatic N) is 2. The van der Waals surface area contributed by atoms with Gasteiger partial charge in [0.05, 0.1) is 17.9 Å². The largest absolute Gasteiger partial charge is 0.412 e. The highest BCUT2D eigenvalue weighted by molar-refractivity contribution is 7.14. The second-order valence-electron chi connectivity index (χ2n) is 7.24. The minimum Gasteiger partial charge on any atom is -0.408 e. The number of nitrogens with one attached hydrogen (secondary N) is 1. The number of hydrogen-bond acceptors (Lipinski definition) is 6. The fourth-order valence-electron chi connectivity index (χ4n) is 3.28. The smallest absolute Gasteiger partial charge is 0.408 e. The molecule has 3 aromatic heterocycles. The number of benzene rings is 1. The number of aromatic nitrogens is 2. The molecule has 0 aliphatic rings. The lowest BCUT2D eigenvalue weighted by molar-refractivity contribution is 0.199. The van der Waals surface area contributed by atoms with Crippen molar-refractivity contribution in [3.8, 4) is 16.3 Å². The number of ether oxygens (including phenoxy) is 1.